The zero-order valence-electron chi connectivity index (χ0n) is 16.3. The van der Waals surface area contributed by atoms with E-state index in [9.17, 15) is 9.59 Å². The molecule has 1 N–H and O–H groups in total. The molecule has 0 atom stereocenters. The number of amides is 1. The fourth-order valence-electron chi connectivity index (χ4n) is 2.86. The van der Waals surface area contributed by atoms with Crippen LogP contribution in [0, 0.1) is 13.8 Å². The molecular weight excluding hydrogens is 407 g/mol. The van der Waals surface area contributed by atoms with Gasteiger partial charge in [-0.15, -0.1) is 0 Å². The number of carboxylic acids is 1. The van der Waals surface area contributed by atoms with Crippen LogP contribution in [0.25, 0.3) is 0 Å². The second-order valence-corrected chi connectivity index (χ2v) is 8.31. The first-order chi connectivity index (χ1) is 13.7. The molecule has 0 radical (unpaired) electrons. The summed E-state index contributed by atoms with van der Waals surface area (Å²) in [7, 11) is 3.86. The first-order valence-corrected chi connectivity index (χ1v) is 10.0. The third kappa shape index (κ3) is 4.35. The van der Waals surface area contributed by atoms with Gasteiger partial charge in [-0.2, -0.15) is 0 Å². The Hall–Kier alpha value is -2.65. The van der Waals surface area contributed by atoms with Crippen molar-refractivity contribution in [2.45, 2.75) is 20.8 Å². The number of carbonyl (C=O) groups is 2. The number of allylic oxidation sites excluding steroid dienone is 4. The van der Waals surface area contributed by atoms with Crippen molar-refractivity contribution in [3.8, 4) is 5.75 Å². The number of hydrogen-bond donors (Lipinski definition) is 1. The van der Waals surface area contributed by atoms with Crippen LogP contribution in [0.2, 0.25) is 0 Å². The van der Waals surface area contributed by atoms with E-state index in [0.29, 0.717) is 10.8 Å². The SMILES string of the molecule is B=CN1C(=CC=C(C)C=C2SC(=S)N(CC(=O)O)C2=O)Oc2cc(C)c(C)cc21. The Kier molecular flexibility index (Phi) is 6.09. The molecule has 6 nitrogen and oxygen atoms in total. The first-order valence-electron chi connectivity index (χ1n) is 8.78. The summed E-state index contributed by atoms with van der Waals surface area (Å²) >= 11 is 6.20. The van der Waals surface area contributed by atoms with Gasteiger partial charge in [0.15, 0.2) is 0 Å². The molecule has 0 aliphatic carbocycles. The number of benzene rings is 1. The number of nitrogens with zero attached hydrogens (tertiary/aromatic N) is 2. The van der Waals surface area contributed by atoms with Crippen molar-refractivity contribution < 1.29 is 19.4 Å². The zero-order chi connectivity index (χ0) is 21.3. The number of aryl methyl sites for hydroxylation is 2. The fraction of sp³-hybridized carbons (Fsp3) is 0.200. The molecule has 0 unspecified atom stereocenters. The van der Waals surface area contributed by atoms with Crippen LogP contribution in [0.4, 0.5) is 5.69 Å². The Labute approximate surface area is 179 Å². The molecule has 1 saturated heterocycles. The molecule has 9 heteroatoms. The summed E-state index contributed by atoms with van der Waals surface area (Å²) < 4.78 is 6.19. The van der Waals surface area contributed by atoms with Gasteiger partial charge in [0.1, 0.15) is 0 Å². The van der Waals surface area contributed by atoms with Crippen LogP contribution >= 0.6 is 24.0 Å². The first kappa shape index (κ1) is 21.1. The molecule has 1 fully saturated rings. The van der Waals surface area contributed by atoms with Crippen molar-refractivity contribution in [3.05, 3.63) is 57.8 Å². The maximum atomic E-state index is 12.4. The zero-order valence-corrected chi connectivity index (χ0v) is 17.9. The molecule has 0 saturated carbocycles. The van der Waals surface area contributed by atoms with Gasteiger partial charge in [0.2, 0.25) is 0 Å². The summed E-state index contributed by atoms with van der Waals surface area (Å²) in [6.07, 6.45) is 7.00. The summed E-state index contributed by atoms with van der Waals surface area (Å²) in [5, 5.41) is 8.91. The number of carboxylic acid groups (broad SMARTS) is 1. The molecular formula is C20H19BN2O4S2. The van der Waals surface area contributed by atoms with Crippen LogP contribution in [-0.4, -0.2) is 46.3 Å². The van der Waals surface area contributed by atoms with Gasteiger partial charge in [0.25, 0.3) is 0 Å². The molecule has 1 aromatic rings. The Bertz CT molecular complexity index is 1030. The van der Waals surface area contributed by atoms with E-state index < -0.39 is 18.4 Å². The monoisotopic (exact) mass is 426 g/mol. The predicted octanol–water partition coefficient (Wildman–Crippen LogP) is 2.78. The van der Waals surface area contributed by atoms with Crippen molar-refractivity contribution in [3.63, 3.8) is 0 Å². The Morgan fingerprint density at radius 3 is 2.69 bits per heavy atom. The normalized spacial score (nSPS) is 19.2. The molecule has 0 bridgehead atoms. The van der Waals surface area contributed by atoms with E-state index in [1.165, 1.54) is 0 Å². The van der Waals surface area contributed by atoms with Gasteiger partial charge < -0.3 is 5.11 Å². The number of fused-ring (bicyclic) bond motifs is 1. The second-order valence-electron chi connectivity index (χ2n) is 6.64. The quantitative estimate of drug-likeness (QED) is 0.441. The molecule has 0 aromatic heterocycles. The summed E-state index contributed by atoms with van der Waals surface area (Å²) in [6, 6.07) is 4.05. The summed E-state index contributed by atoms with van der Waals surface area (Å²) in [5.74, 6) is -0.135. The van der Waals surface area contributed by atoms with Gasteiger partial charge in [-0.05, 0) is 0 Å². The van der Waals surface area contributed by atoms with Crippen molar-refractivity contribution in [1.29, 1.82) is 0 Å². The Morgan fingerprint density at radius 2 is 2.03 bits per heavy atom. The van der Waals surface area contributed by atoms with Gasteiger partial charge in [-0.3, -0.25) is 4.79 Å². The molecule has 29 heavy (non-hydrogen) atoms. The summed E-state index contributed by atoms with van der Waals surface area (Å²) in [6.45, 7) is 5.48. The van der Waals surface area contributed by atoms with Crippen LogP contribution in [0.1, 0.15) is 18.1 Å². The van der Waals surface area contributed by atoms with Crippen LogP contribution in [0.15, 0.2) is 46.7 Å². The van der Waals surface area contributed by atoms with E-state index in [-0.39, 0.29) is 4.32 Å². The topological polar surface area (TPSA) is 70.1 Å². The number of anilines is 1. The van der Waals surface area contributed by atoms with Gasteiger partial charge in [-0.1, -0.05) is 0 Å². The molecule has 2 aliphatic rings. The fourth-order valence-corrected chi connectivity index (χ4v) is 4.16. The predicted molar refractivity (Wildman–Crippen MR) is 122 cm³/mol. The van der Waals surface area contributed by atoms with E-state index in [1.54, 1.807) is 18.2 Å². The number of hydrogen-bond acceptors (Lipinski definition) is 6. The Balaban J connectivity index is 1.82. The average Bonchev–Trinajstić information content (AvgIpc) is 3.11. The maximum absolute atomic E-state index is 12.4. The van der Waals surface area contributed by atoms with Gasteiger partial charge in [-0.25, -0.2) is 0 Å². The minimum absolute atomic E-state index is 0.243. The van der Waals surface area contributed by atoms with Crippen molar-refractivity contribution in [2.24, 2.45) is 0 Å². The molecule has 1 amide bonds. The van der Waals surface area contributed by atoms with E-state index >= 15 is 0 Å². The molecule has 2 heterocycles. The van der Waals surface area contributed by atoms with Crippen LogP contribution < -0.4 is 9.64 Å². The molecule has 1 aromatic carbocycles. The molecule has 148 valence electrons. The van der Waals surface area contributed by atoms with Crippen LogP contribution in [0.3, 0.4) is 0 Å². The number of aliphatic carboxylic acids is 1. The van der Waals surface area contributed by atoms with E-state index in [2.05, 4.69) is 13.6 Å². The summed E-state index contributed by atoms with van der Waals surface area (Å²) in [5.41, 5.74) is 4.03. The number of carbonyl (C=O) groups excluding carboxylic acids is 1. The van der Waals surface area contributed by atoms with E-state index in [4.69, 9.17) is 22.1 Å². The second kappa shape index (κ2) is 8.38. The number of thioether (sulfide) groups is 1. The van der Waals surface area contributed by atoms with Gasteiger partial charge >= 0.3 is 170 Å². The van der Waals surface area contributed by atoms with E-state index in [0.717, 1.165) is 44.8 Å². The Morgan fingerprint density at radius 1 is 1.34 bits per heavy atom. The van der Waals surface area contributed by atoms with Gasteiger partial charge in [0, 0.05) is 0 Å². The van der Waals surface area contributed by atoms with Crippen LogP contribution in [-0.2, 0) is 9.59 Å². The molecule has 3 rings (SSSR count). The average molecular weight is 426 g/mol. The molecule has 0 spiro atoms. The van der Waals surface area contributed by atoms with Crippen molar-refractivity contribution in [2.75, 3.05) is 11.4 Å². The number of thiocarbonyl (C=S) groups is 1. The number of rotatable bonds is 5. The van der Waals surface area contributed by atoms with Crippen molar-refractivity contribution in [1.82, 2.24) is 4.90 Å². The minimum atomic E-state index is -1.10. The van der Waals surface area contributed by atoms with Gasteiger partial charge in [0.05, 0.1) is 0 Å². The molecule has 2 aliphatic heterocycles. The third-order valence-corrected chi connectivity index (χ3v) is 5.86. The third-order valence-electron chi connectivity index (χ3n) is 4.48. The van der Waals surface area contributed by atoms with Crippen LogP contribution in [0.5, 0.6) is 5.75 Å². The standard InChI is InChI=1S/C20H19BN2O4S2/c1-11(6-16-19(26)22(9-18(24)25)20(28)29-16)4-5-17-23(10-21)14-7-12(2)13(3)8-15(14)27-17/h4-8,10,21H,9H2,1-3H3,(H,24,25). The van der Waals surface area contributed by atoms with Crippen molar-refractivity contribution >= 4 is 59.4 Å². The summed E-state index contributed by atoms with van der Waals surface area (Å²) in [4.78, 5) is 26.6. The number of ether oxygens (including phenoxy) is 1. The van der Waals surface area contributed by atoms with E-state index in [1.807, 2.05) is 37.8 Å².